The molecule has 19 heavy (non-hydrogen) atoms. The van der Waals surface area contributed by atoms with Gasteiger partial charge in [-0.3, -0.25) is 9.59 Å². The minimum absolute atomic E-state index is 0.0695. The summed E-state index contributed by atoms with van der Waals surface area (Å²) < 4.78 is 0. The van der Waals surface area contributed by atoms with Crippen LogP contribution >= 0.6 is 0 Å². The summed E-state index contributed by atoms with van der Waals surface area (Å²) in [7, 11) is 0. The van der Waals surface area contributed by atoms with Crippen molar-refractivity contribution in [3.05, 3.63) is 35.9 Å². The van der Waals surface area contributed by atoms with Crippen LogP contribution in [0.4, 0.5) is 0 Å². The SMILES string of the molecule is CC(C)CC(=O)N(CCC(N)=O)Cc1ccccc1. The number of benzene rings is 1. The molecule has 2 amide bonds. The number of carbonyl (C=O) groups is 2. The molecule has 1 aromatic carbocycles. The molecule has 0 fully saturated rings. The first-order valence-corrected chi connectivity index (χ1v) is 6.59. The lowest BCUT2D eigenvalue weighted by Gasteiger charge is -2.23. The number of nitrogens with zero attached hydrogens (tertiary/aromatic N) is 1. The van der Waals surface area contributed by atoms with E-state index in [1.165, 1.54) is 0 Å². The lowest BCUT2D eigenvalue weighted by Crippen LogP contribution is -2.34. The molecule has 0 aliphatic rings. The smallest absolute Gasteiger partial charge is 0.223 e. The molecule has 2 N–H and O–H groups in total. The first-order valence-electron chi connectivity index (χ1n) is 6.59. The van der Waals surface area contributed by atoms with Crippen molar-refractivity contribution in [3.8, 4) is 0 Å². The lowest BCUT2D eigenvalue weighted by atomic mass is 10.1. The first-order chi connectivity index (χ1) is 8.99. The van der Waals surface area contributed by atoms with E-state index in [9.17, 15) is 9.59 Å². The molecule has 0 aromatic heterocycles. The van der Waals surface area contributed by atoms with Crippen LogP contribution in [0.15, 0.2) is 30.3 Å². The number of rotatable bonds is 7. The Morgan fingerprint density at radius 2 is 1.84 bits per heavy atom. The molecule has 0 aliphatic heterocycles. The van der Waals surface area contributed by atoms with Crippen LogP contribution in [0.3, 0.4) is 0 Å². The fourth-order valence-corrected chi connectivity index (χ4v) is 1.82. The van der Waals surface area contributed by atoms with Crippen LogP contribution in [0.2, 0.25) is 0 Å². The highest BCUT2D eigenvalue weighted by molar-refractivity contribution is 5.78. The van der Waals surface area contributed by atoms with Gasteiger partial charge >= 0.3 is 0 Å². The van der Waals surface area contributed by atoms with E-state index in [-0.39, 0.29) is 18.2 Å². The van der Waals surface area contributed by atoms with Gasteiger partial charge in [0.05, 0.1) is 0 Å². The molecule has 4 nitrogen and oxygen atoms in total. The monoisotopic (exact) mass is 262 g/mol. The zero-order valence-electron chi connectivity index (χ0n) is 11.6. The third-order valence-electron chi connectivity index (χ3n) is 2.78. The third-order valence-corrected chi connectivity index (χ3v) is 2.78. The summed E-state index contributed by atoms with van der Waals surface area (Å²) in [6.07, 6.45) is 0.697. The fraction of sp³-hybridized carbons (Fsp3) is 0.467. The molecular formula is C15H22N2O2. The zero-order chi connectivity index (χ0) is 14.3. The Bertz CT molecular complexity index is 415. The molecule has 4 heteroatoms. The molecule has 0 unspecified atom stereocenters. The number of nitrogens with two attached hydrogens (primary N) is 1. The maximum absolute atomic E-state index is 12.1. The van der Waals surface area contributed by atoms with Crippen molar-refractivity contribution in [2.45, 2.75) is 33.2 Å². The van der Waals surface area contributed by atoms with Gasteiger partial charge in [-0.15, -0.1) is 0 Å². The van der Waals surface area contributed by atoms with Gasteiger partial charge < -0.3 is 10.6 Å². The van der Waals surface area contributed by atoms with E-state index in [2.05, 4.69) is 0 Å². The van der Waals surface area contributed by atoms with Crippen molar-refractivity contribution in [2.75, 3.05) is 6.54 Å². The Balaban J connectivity index is 2.68. The van der Waals surface area contributed by atoms with Gasteiger partial charge in [-0.2, -0.15) is 0 Å². The number of carbonyl (C=O) groups excluding carboxylic acids is 2. The largest absolute Gasteiger partial charge is 0.370 e. The Labute approximate surface area is 114 Å². The average Bonchev–Trinajstić information content (AvgIpc) is 2.34. The summed E-state index contributed by atoms with van der Waals surface area (Å²) in [5, 5.41) is 0. The van der Waals surface area contributed by atoms with Crippen LogP contribution in [-0.2, 0) is 16.1 Å². The number of hydrogen-bond acceptors (Lipinski definition) is 2. The van der Waals surface area contributed by atoms with Crippen molar-refractivity contribution in [1.82, 2.24) is 4.90 Å². The standard InChI is InChI=1S/C15H22N2O2/c1-12(2)10-15(19)17(9-8-14(16)18)11-13-6-4-3-5-7-13/h3-7,12H,8-11H2,1-2H3,(H2,16,18). The molecule has 0 saturated heterocycles. The summed E-state index contributed by atoms with van der Waals surface area (Å²) in [5.74, 6) is -0.00476. The first kappa shape index (κ1) is 15.2. The Hall–Kier alpha value is -1.84. The molecule has 0 bridgehead atoms. The van der Waals surface area contributed by atoms with E-state index in [0.717, 1.165) is 5.56 Å². The van der Waals surface area contributed by atoms with Crippen molar-refractivity contribution in [2.24, 2.45) is 11.7 Å². The molecule has 0 spiro atoms. The summed E-state index contributed by atoms with van der Waals surface area (Å²) >= 11 is 0. The van der Waals surface area contributed by atoms with Gasteiger partial charge in [0.15, 0.2) is 0 Å². The normalized spacial score (nSPS) is 10.5. The highest BCUT2D eigenvalue weighted by Crippen LogP contribution is 2.10. The summed E-state index contributed by atoms with van der Waals surface area (Å²) in [5.41, 5.74) is 6.22. The number of amides is 2. The molecule has 0 atom stereocenters. The van der Waals surface area contributed by atoms with E-state index in [1.54, 1.807) is 4.90 Å². The summed E-state index contributed by atoms with van der Waals surface area (Å²) in [6, 6.07) is 9.76. The van der Waals surface area contributed by atoms with Gasteiger partial charge in [0, 0.05) is 25.9 Å². The molecule has 104 valence electrons. The minimum Gasteiger partial charge on any atom is -0.370 e. The Kier molecular flexibility index (Phi) is 6.06. The predicted molar refractivity (Wildman–Crippen MR) is 75.1 cm³/mol. The van der Waals surface area contributed by atoms with E-state index in [1.807, 2.05) is 44.2 Å². The van der Waals surface area contributed by atoms with Crippen LogP contribution in [0.25, 0.3) is 0 Å². The van der Waals surface area contributed by atoms with Crippen LogP contribution in [0.1, 0.15) is 32.3 Å². The van der Waals surface area contributed by atoms with Gasteiger partial charge in [0.1, 0.15) is 0 Å². The molecule has 0 radical (unpaired) electrons. The van der Waals surface area contributed by atoms with E-state index < -0.39 is 0 Å². The van der Waals surface area contributed by atoms with Crippen molar-refractivity contribution in [3.63, 3.8) is 0 Å². The topological polar surface area (TPSA) is 63.4 Å². The Morgan fingerprint density at radius 3 is 2.37 bits per heavy atom. The van der Waals surface area contributed by atoms with Gasteiger partial charge in [-0.25, -0.2) is 0 Å². The molecule has 0 saturated carbocycles. The highest BCUT2D eigenvalue weighted by atomic mass is 16.2. The van der Waals surface area contributed by atoms with Crippen LogP contribution in [0.5, 0.6) is 0 Å². The van der Waals surface area contributed by atoms with Gasteiger partial charge in [-0.05, 0) is 11.5 Å². The molecule has 1 aromatic rings. The quantitative estimate of drug-likeness (QED) is 0.816. The molecule has 0 heterocycles. The van der Waals surface area contributed by atoms with Gasteiger partial charge in [0.25, 0.3) is 0 Å². The van der Waals surface area contributed by atoms with Crippen LogP contribution in [-0.4, -0.2) is 23.3 Å². The van der Waals surface area contributed by atoms with E-state index >= 15 is 0 Å². The summed E-state index contributed by atoms with van der Waals surface area (Å²) in [6.45, 7) is 4.93. The van der Waals surface area contributed by atoms with Crippen LogP contribution in [0, 0.1) is 5.92 Å². The lowest BCUT2D eigenvalue weighted by molar-refractivity contribution is -0.133. The van der Waals surface area contributed by atoms with Crippen molar-refractivity contribution >= 4 is 11.8 Å². The second-order valence-corrected chi connectivity index (χ2v) is 5.12. The highest BCUT2D eigenvalue weighted by Gasteiger charge is 2.15. The van der Waals surface area contributed by atoms with Gasteiger partial charge in [-0.1, -0.05) is 44.2 Å². The van der Waals surface area contributed by atoms with Gasteiger partial charge in [0.2, 0.25) is 11.8 Å². The zero-order valence-corrected chi connectivity index (χ0v) is 11.6. The second kappa shape index (κ2) is 7.56. The van der Waals surface area contributed by atoms with E-state index in [4.69, 9.17) is 5.73 Å². The number of primary amides is 1. The maximum atomic E-state index is 12.1. The summed E-state index contributed by atoms with van der Waals surface area (Å²) in [4.78, 5) is 24.7. The Morgan fingerprint density at radius 1 is 1.21 bits per heavy atom. The molecular weight excluding hydrogens is 240 g/mol. The maximum Gasteiger partial charge on any atom is 0.223 e. The van der Waals surface area contributed by atoms with Crippen molar-refractivity contribution in [1.29, 1.82) is 0 Å². The number of hydrogen-bond donors (Lipinski definition) is 1. The average molecular weight is 262 g/mol. The second-order valence-electron chi connectivity index (χ2n) is 5.12. The fourth-order valence-electron chi connectivity index (χ4n) is 1.82. The van der Waals surface area contributed by atoms with Crippen molar-refractivity contribution < 1.29 is 9.59 Å². The van der Waals surface area contributed by atoms with E-state index in [0.29, 0.717) is 25.4 Å². The minimum atomic E-state index is -0.379. The van der Waals surface area contributed by atoms with Crippen LogP contribution < -0.4 is 5.73 Å². The third kappa shape index (κ3) is 6.04. The molecule has 1 rings (SSSR count). The predicted octanol–water partition coefficient (Wildman–Crippen LogP) is 1.94. The molecule has 0 aliphatic carbocycles.